The quantitative estimate of drug-likeness (QED) is 0.604. The molecule has 2 aromatic rings. The molecule has 23 heavy (non-hydrogen) atoms. The van der Waals surface area contributed by atoms with Crippen LogP contribution in [0.1, 0.15) is 15.9 Å². The van der Waals surface area contributed by atoms with E-state index in [0.29, 0.717) is 18.6 Å². The number of carbonyl (C=O) groups excluding carboxylic acids is 1. The van der Waals surface area contributed by atoms with Crippen molar-refractivity contribution in [3.05, 3.63) is 71.8 Å². The Kier molecular flexibility index (Phi) is 6.72. The van der Waals surface area contributed by atoms with Crippen molar-refractivity contribution in [1.82, 2.24) is 5.32 Å². The summed E-state index contributed by atoms with van der Waals surface area (Å²) in [6.45, 7) is 0.317. The maximum atomic E-state index is 12.2. The highest BCUT2D eigenvalue weighted by atomic mass is 35.6. The highest BCUT2D eigenvalue weighted by molar-refractivity contribution is 6.68. The van der Waals surface area contributed by atoms with E-state index in [-0.39, 0.29) is 5.91 Å². The summed E-state index contributed by atoms with van der Waals surface area (Å²) >= 11 is 17.7. The summed E-state index contributed by atoms with van der Waals surface area (Å²) in [4.78, 5) is 12.2. The third-order valence-electron chi connectivity index (χ3n) is 3.11. The first-order chi connectivity index (χ1) is 11.0. The molecule has 2 rings (SSSR count). The molecule has 0 aliphatic heterocycles. The van der Waals surface area contributed by atoms with Crippen LogP contribution in [-0.4, -0.2) is 22.5 Å². The van der Waals surface area contributed by atoms with Crippen molar-refractivity contribution >= 4 is 40.7 Å². The average molecular weight is 373 g/mol. The van der Waals surface area contributed by atoms with Crippen LogP contribution < -0.4 is 5.32 Å². The standard InChI is InChI=1S/C17H16Cl3NO2/c18-17(19,20)16(21-15(22)14-9-5-2-6-10-14)23-12-11-13-7-3-1-4-8-13/h1-10,16H,11-12H2,(H,21,22). The monoisotopic (exact) mass is 371 g/mol. The van der Waals surface area contributed by atoms with E-state index in [1.165, 1.54) is 0 Å². The predicted octanol–water partition coefficient (Wildman–Crippen LogP) is 4.37. The van der Waals surface area contributed by atoms with Gasteiger partial charge in [-0.3, -0.25) is 4.79 Å². The van der Waals surface area contributed by atoms with E-state index in [9.17, 15) is 4.79 Å². The molecule has 1 N–H and O–H groups in total. The van der Waals surface area contributed by atoms with Gasteiger partial charge in [-0.05, 0) is 24.1 Å². The van der Waals surface area contributed by atoms with E-state index in [1.807, 2.05) is 36.4 Å². The lowest BCUT2D eigenvalue weighted by molar-refractivity contribution is 0.0315. The van der Waals surface area contributed by atoms with Gasteiger partial charge in [-0.15, -0.1) is 0 Å². The van der Waals surface area contributed by atoms with Crippen LogP contribution in [0.3, 0.4) is 0 Å². The number of benzene rings is 2. The van der Waals surface area contributed by atoms with Gasteiger partial charge in [0.05, 0.1) is 6.61 Å². The maximum absolute atomic E-state index is 12.2. The molecule has 0 saturated heterocycles. The fourth-order valence-electron chi connectivity index (χ4n) is 1.95. The topological polar surface area (TPSA) is 38.3 Å². The van der Waals surface area contributed by atoms with Crippen LogP contribution in [-0.2, 0) is 11.2 Å². The highest BCUT2D eigenvalue weighted by Gasteiger charge is 2.35. The van der Waals surface area contributed by atoms with Gasteiger partial charge < -0.3 is 10.1 Å². The third kappa shape index (κ3) is 6.04. The van der Waals surface area contributed by atoms with Crippen LogP contribution in [0.2, 0.25) is 0 Å². The second-order valence-corrected chi connectivity index (χ2v) is 7.24. The summed E-state index contributed by atoms with van der Waals surface area (Å²) in [5.41, 5.74) is 1.57. The Bertz CT molecular complexity index is 615. The third-order valence-corrected chi connectivity index (χ3v) is 3.71. The zero-order valence-corrected chi connectivity index (χ0v) is 14.5. The van der Waals surface area contributed by atoms with Crippen LogP contribution in [0.15, 0.2) is 60.7 Å². The lowest BCUT2D eigenvalue weighted by atomic mass is 10.2. The molecule has 0 fully saturated rings. The predicted molar refractivity (Wildman–Crippen MR) is 94.1 cm³/mol. The zero-order chi connectivity index (χ0) is 16.7. The van der Waals surface area contributed by atoms with Gasteiger partial charge in [-0.25, -0.2) is 0 Å². The van der Waals surface area contributed by atoms with Crippen molar-refractivity contribution in [2.24, 2.45) is 0 Å². The number of carbonyl (C=O) groups is 1. The molecule has 1 unspecified atom stereocenters. The summed E-state index contributed by atoms with van der Waals surface area (Å²) in [7, 11) is 0. The molecular weight excluding hydrogens is 357 g/mol. The number of nitrogens with one attached hydrogen (secondary N) is 1. The maximum Gasteiger partial charge on any atom is 0.253 e. The number of rotatable bonds is 6. The van der Waals surface area contributed by atoms with E-state index in [4.69, 9.17) is 39.5 Å². The highest BCUT2D eigenvalue weighted by Crippen LogP contribution is 2.31. The number of alkyl halides is 3. The van der Waals surface area contributed by atoms with Gasteiger partial charge in [0.15, 0.2) is 6.23 Å². The molecule has 0 spiro atoms. The molecule has 0 aliphatic rings. The minimum Gasteiger partial charge on any atom is -0.354 e. The summed E-state index contributed by atoms with van der Waals surface area (Å²) in [6.07, 6.45) is -0.386. The van der Waals surface area contributed by atoms with Gasteiger partial charge in [0, 0.05) is 5.56 Å². The SMILES string of the molecule is O=C(NC(OCCc1ccccc1)C(Cl)(Cl)Cl)c1ccccc1. The van der Waals surface area contributed by atoms with Crippen molar-refractivity contribution in [2.45, 2.75) is 16.4 Å². The smallest absolute Gasteiger partial charge is 0.253 e. The van der Waals surface area contributed by atoms with Gasteiger partial charge in [-0.2, -0.15) is 0 Å². The number of hydrogen-bond acceptors (Lipinski definition) is 2. The second-order valence-electron chi connectivity index (χ2n) is 4.87. The Labute approximate surface area is 150 Å². The molecule has 3 nitrogen and oxygen atoms in total. The Morgan fingerprint density at radius 2 is 1.57 bits per heavy atom. The van der Waals surface area contributed by atoms with Gasteiger partial charge >= 0.3 is 0 Å². The Balaban J connectivity index is 1.94. The van der Waals surface area contributed by atoms with E-state index in [1.54, 1.807) is 24.3 Å². The molecule has 0 heterocycles. The largest absolute Gasteiger partial charge is 0.354 e. The van der Waals surface area contributed by atoms with E-state index in [2.05, 4.69) is 5.32 Å². The van der Waals surface area contributed by atoms with Crippen LogP contribution >= 0.6 is 34.8 Å². The van der Waals surface area contributed by atoms with Crippen molar-refractivity contribution in [3.63, 3.8) is 0 Å². The van der Waals surface area contributed by atoms with Crippen LogP contribution in [0.25, 0.3) is 0 Å². The fraction of sp³-hybridized carbons (Fsp3) is 0.235. The van der Waals surface area contributed by atoms with Gasteiger partial charge in [0.2, 0.25) is 3.79 Å². The van der Waals surface area contributed by atoms with Crippen molar-refractivity contribution < 1.29 is 9.53 Å². The molecule has 0 aromatic heterocycles. The normalized spacial score (nSPS) is 12.7. The van der Waals surface area contributed by atoms with Gasteiger partial charge in [0.25, 0.3) is 5.91 Å². The fourth-order valence-corrected chi connectivity index (χ4v) is 2.30. The summed E-state index contributed by atoms with van der Waals surface area (Å²) in [6, 6.07) is 18.5. The Morgan fingerprint density at radius 3 is 2.13 bits per heavy atom. The van der Waals surface area contributed by atoms with E-state index < -0.39 is 10.0 Å². The Hall–Kier alpha value is -1.26. The second kappa shape index (κ2) is 8.55. The first-order valence-corrected chi connectivity index (χ1v) is 8.18. The van der Waals surface area contributed by atoms with Crippen LogP contribution in [0.4, 0.5) is 0 Å². The summed E-state index contributed by atoms with van der Waals surface area (Å²) < 4.78 is 3.81. The Morgan fingerprint density at radius 1 is 1.00 bits per heavy atom. The minimum atomic E-state index is -1.76. The molecule has 0 radical (unpaired) electrons. The lowest BCUT2D eigenvalue weighted by Crippen LogP contribution is -2.46. The first kappa shape index (κ1) is 18.1. The average Bonchev–Trinajstić information content (AvgIpc) is 2.54. The van der Waals surface area contributed by atoms with E-state index >= 15 is 0 Å². The molecule has 0 aliphatic carbocycles. The van der Waals surface area contributed by atoms with Gasteiger partial charge in [-0.1, -0.05) is 83.3 Å². The number of hydrogen-bond donors (Lipinski definition) is 1. The van der Waals surface area contributed by atoms with Crippen LogP contribution in [0, 0.1) is 0 Å². The summed E-state index contributed by atoms with van der Waals surface area (Å²) in [5, 5.41) is 2.60. The molecule has 0 bridgehead atoms. The minimum absolute atomic E-state index is 0.317. The molecule has 2 aromatic carbocycles. The summed E-state index contributed by atoms with van der Waals surface area (Å²) in [5.74, 6) is -0.360. The number of amides is 1. The first-order valence-electron chi connectivity index (χ1n) is 7.05. The van der Waals surface area contributed by atoms with Crippen molar-refractivity contribution in [2.75, 3.05) is 6.61 Å². The number of ether oxygens (including phenoxy) is 1. The molecule has 6 heteroatoms. The molecular formula is C17H16Cl3NO2. The van der Waals surface area contributed by atoms with Crippen molar-refractivity contribution in [3.8, 4) is 0 Å². The van der Waals surface area contributed by atoms with Gasteiger partial charge in [0.1, 0.15) is 0 Å². The van der Waals surface area contributed by atoms with Crippen molar-refractivity contribution in [1.29, 1.82) is 0 Å². The number of halogens is 3. The van der Waals surface area contributed by atoms with E-state index in [0.717, 1.165) is 5.56 Å². The van der Waals surface area contributed by atoms with Crippen LogP contribution in [0.5, 0.6) is 0 Å². The molecule has 0 saturated carbocycles. The lowest BCUT2D eigenvalue weighted by Gasteiger charge is -2.25. The zero-order valence-electron chi connectivity index (χ0n) is 12.2. The molecule has 122 valence electrons. The molecule has 1 amide bonds. The molecule has 1 atom stereocenters.